The Bertz CT molecular complexity index is 729. The zero-order chi connectivity index (χ0) is 18.4. The van der Waals surface area contributed by atoms with Gasteiger partial charge in [0.2, 0.25) is 0 Å². The van der Waals surface area contributed by atoms with Crippen LogP contribution in [0, 0.1) is 13.8 Å². The second-order valence-corrected chi connectivity index (χ2v) is 6.41. The van der Waals surface area contributed by atoms with Crippen molar-refractivity contribution < 1.29 is 9.53 Å². The molecule has 0 fully saturated rings. The molecular weight excluding hydrogens is 314 g/mol. The number of urea groups is 1. The molecule has 0 aliphatic rings. The first-order valence-electron chi connectivity index (χ1n) is 8.33. The third-order valence-electron chi connectivity index (χ3n) is 4.19. The maximum absolute atomic E-state index is 12.3. The molecule has 1 atom stereocenters. The molecule has 25 heavy (non-hydrogen) atoms. The molecular formula is C20H27N3O2. The molecule has 0 spiro atoms. The number of methoxy groups -OCH3 is 1. The van der Waals surface area contributed by atoms with Crippen molar-refractivity contribution in [3.63, 3.8) is 0 Å². The molecule has 2 aromatic rings. The van der Waals surface area contributed by atoms with Crippen molar-refractivity contribution in [1.29, 1.82) is 0 Å². The lowest BCUT2D eigenvalue weighted by atomic mass is 10.1. The van der Waals surface area contributed by atoms with Crippen molar-refractivity contribution in [3.8, 4) is 5.75 Å². The number of hydrogen-bond acceptors (Lipinski definition) is 3. The molecule has 0 saturated heterocycles. The zero-order valence-electron chi connectivity index (χ0n) is 15.6. The number of amides is 2. The van der Waals surface area contributed by atoms with Gasteiger partial charge in [0.15, 0.2) is 0 Å². The van der Waals surface area contributed by atoms with Gasteiger partial charge in [-0.25, -0.2) is 4.79 Å². The van der Waals surface area contributed by atoms with Gasteiger partial charge in [0.1, 0.15) is 5.75 Å². The van der Waals surface area contributed by atoms with E-state index in [4.69, 9.17) is 4.74 Å². The maximum Gasteiger partial charge on any atom is 0.319 e. The highest BCUT2D eigenvalue weighted by molar-refractivity contribution is 5.90. The predicted molar refractivity (Wildman–Crippen MR) is 102 cm³/mol. The van der Waals surface area contributed by atoms with Crippen molar-refractivity contribution in [3.05, 3.63) is 59.2 Å². The van der Waals surface area contributed by atoms with Gasteiger partial charge < -0.3 is 20.3 Å². The van der Waals surface area contributed by atoms with E-state index in [1.54, 1.807) is 7.11 Å². The Morgan fingerprint density at radius 3 is 2.56 bits per heavy atom. The Morgan fingerprint density at radius 2 is 1.92 bits per heavy atom. The molecule has 134 valence electrons. The number of anilines is 1. The number of nitrogens with zero attached hydrogens (tertiary/aromatic N) is 1. The Labute approximate surface area is 150 Å². The molecule has 2 amide bonds. The topological polar surface area (TPSA) is 53.6 Å². The minimum absolute atomic E-state index is 0.0555. The lowest BCUT2D eigenvalue weighted by molar-refractivity contribution is 0.243. The first-order valence-corrected chi connectivity index (χ1v) is 8.33. The van der Waals surface area contributed by atoms with Crippen LogP contribution in [0.15, 0.2) is 42.5 Å². The van der Waals surface area contributed by atoms with Gasteiger partial charge in [-0.3, -0.25) is 0 Å². The maximum atomic E-state index is 12.3. The van der Waals surface area contributed by atoms with E-state index in [0.717, 1.165) is 22.6 Å². The highest BCUT2D eigenvalue weighted by atomic mass is 16.5. The van der Waals surface area contributed by atoms with E-state index < -0.39 is 0 Å². The van der Waals surface area contributed by atoms with Gasteiger partial charge in [0.05, 0.1) is 13.2 Å². The standard InChI is InChI=1S/C20H27N3O2/c1-14-9-10-18(15(2)11-14)22-20(24)21-13-19(23(3)4)16-7-6-8-17(12-16)25-5/h6-12,19H,13H2,1-5H3,(H2,21,22,24). The van der Waals surface area contributed by atoms with Crippen LogP contribution in [0.2, 0.25) is 0 Å². The second-order valence-electron chi connectivity index (χ2n) is 6.41. The van der Waals surface area contributed by atoms with Gasteiger partial charge in [-0.2, -0.15) is 0 Å². The van der Waals surface area contributed by atoms with E-state index in [-0.39, 0.29) is 12.1 Å². The largest absolute Gasteiger partial charge is 0.497 e. The summed E-state index contributed by atoms with van der Waals surface area (Å²) in [5.74, 6) is 0.809. The Morgan fingerprint density at radius 1 is 1.16 bits per heavy atom. The van der Waals surface area contributed by atoms with Gasteiger partial charge in [0, 0.05) is 12.2 Å². The molecule has 0 bridgehead atoms. The van der Waals surface area contributed by atoms with E-state index in [1.807, 2.05) is 64.3 Å². The van der Waals surface area contributed by atoms with Gasteiger partial charge >= 0.3 is 6.03 Å². The smallest absolute Gasteiger partial charge is 0.319 e. The third kappa shape index (κ3) is 5.22. The van der Waals surface area contributed by atoms with E-state index in [1.165, 1.54) is 5.56 Å². The molecule has 5 heteroatoms. The summed E-state index contributed by atoms with van der Waals surface area (Å²) in [6, 6.07) is 13.7. The fraction of sp³-hybridized carbons (Fsp3) is 0.350. The van der Waals surface area contributed by atoms with E-state index >= 15 is 0 Å². The van der Waals surface area contributed by atoms with Crippen molar-refractivity contribution in [1.82, 2.24) is 10.2 Å². The number of aryl methyl sites for hydroxylation is 2. The Balaban J connectivity index is 2.01. The number of ether oxygens (including phenoxy) is 1. The van der Waals surface area contributed by atoms with Crippen molar-refractivity contribution in [2.24, 2.45) is 0 Å². The van der Waals surface area contributed by atoms with Crippen LogP contribution in [0.1, 0.15) is 22.7 Å². The monoisotopic (exact) mass is 341 g/mol. The molecule has 1 unspecified atom stereocenters. The van der Waals surface area contributed by atoms with Gasteiger partial charge in [-0.15, -0.1) is 0 Å². The van der Waals surface area contributed by atoms with Crippen LogP contribution in [-0.4, -0.2) is 38.7 Å². The quantitative estimate of drug-likeness (QED) is 0.842. The van der Waals surface area contributed by atoms with Crippen LogP contribution in [0.3, 0.4) is 0 Å². The van der Waals surface area contributed by atoms with Crippen LogP contribution in [0.4, 0.5) is 10.5 Å². The molecule has 0 radical (unpaired) electrons. The predicted octanol–water partition coefficient (Wildman–Crippen LogP) is 3.74. The minimum atomic E-state index is -0.207. The fourth-order valence-corrected chi connectivity index (χ4v) is 2.76. The summed E-state index contributed by atoms with van der Waals surface area (Å²) in [5.41, 5.74) is 4.14. The highest BCUT2D eigenvalue weighted by Gasteiger charge is 2.16. The first kappa shape index (κ1) is 18.8. The average Bonchev–Trinajstić information content (AvgIpc) is 2.57. The SMILES string of the molecule is COc1cccc(C(CNC(=O)Nc2ccc(C)cc2C)N(C)C)c1. The molecule has 2 N–H and O–H groups in total. The summed E-state index contributed by atoms with van der Waals surface area (Å²) in [6.45, 7) is 4.52. The number of carbonyl (C=O) groups excluding carboxylic acids is 1. The zero-order valence-corrected chi connectivity index (χ0v) is 15.6. The molecule has 0 saturated carbocycles. The number of rotatable bonds is 6. The van der Waals surface area contributed by atoms with Crippen LogP contribution in [0.25, 0.3) is 0 Å². The lowest BCUT2D eigenvalue weighted by Gasteiger charge is -2.25. The summed E-state index contributed by atoms with van der Waals surface area (Å²) in [5, 5.41) is 5.87. The second kappa shape index (κ2) is 8.53. The van der Waals surface area contributed by atoms with Crippen LogP contribution >= 0.6 is 0 Å². The highest BCUT2D eigenvalue weighted by Crippen LogP contribution is 2.22. The van der Waals surface area contributed by atoms with Crippen LogP contribution < -0.4 is 15.4 Å². The van der Waals surface area contributed by atoms with E-state index in [2.05, 4.69) is 21.6 Å². The van der Waals surface area contributed by atoms with E-state index in [9.17, 15) is 4.79 Å². The molecule has 0 aliphatic carbocycles. The fourth-order valence-electron chi connectivity index (χ4n) is 2.76. The van der Waals surface area contributed by atoms with E-state index in [0.29, 0.717) is 6.54 Å². The number of hydrogen-bond donors (Lipinski definition) is 2. The van der Waals surface area contributed by atoms with Gasteiger partial charge in [0.25, 0.3) is 0 Å². The normalized spacial score (nSPS) is 11.9. The van der Waals surface area contributed by atoms with Crippen molar-refractivity contribution in [2.75, 3.05) is 33.1 Å². The molecule has 0 heterocycles. The Hall–Kier alpha value is -2.53. The first-order chi connectivity index (χ1) is 11.9. The number of benzene rings is 2. The van der Waals surface area contributed by atoms with Crippen molar-refractivity contribution >= 4 is 11.7 Å². The number of carbonyl (C=O) groups is 1. The van der Waals surface area contributed by atoms with Crippen LogP contribution in [-0.2, 0) is 0 Å². The summed E-state index contributed by atoms with van der Waals surface area (Å²) >= 11 is 0. The summed E-state index contributed by atoms with van der Waals surface area (Å²) in [4.78, 5) is 14.3. The third-order valence-corrected chi connectivity index (χ3v) is 4.19. The lowest BCUT2D eigenvalue weighted by Crippen LogP contribution is -2.37. The van der Waals surface area contributed by atoms with Crippen molar-refractivity contribution in [2.45, 2.75) is 19.9 Å². The van der Waals surface area contributed by atoms with Gasteiger partial charge in [-0.05, 0) is 57.3 Å². The molecule has 2 rings (SSSR count). The summed E-state index contributed by atoms with van der Waals surface area (Å²) in [6.07, 6.45) is 0. The Kier molecular flexibility index (Phi) is 6.42. The molecule has 0 aromatic heterocycles. The summed E-state index contributed by atoms with van der Waals surface area (Å²) < 4.78 is 5.29. The molecule has 2 aromatic carbocycles. The van der Waals surface area contributed by atoms with Gasteiger partial charge in [-0.1, -0.05) is 29.8 Å². The molecule has 0 aliphatic heterocycles. The number of nitrogens with one attached hydrogen (secondary N) is 2. The summed E-state index contributed by atoms with van der Waals surface area (Å²) in [7, 11) is 5.64. The van der Waals surface area contributed by atoms with Crippen LogP contribution in [0.5, 0.6) is 5.75 Å². The number of likely N-dealkylation sites (N-methyl/N-ethyl adjacent to an activating group) is 1. The average molecular weight is 341 g/mol. The minimum Gasteiger partial charge on any atom is -0.497 e. The molecule has 5 nitrogen and oxygen atoms in total.